The molecule has 3 N–H and O–H groups in total. The number of hydrogen-bond acceptors (Lipinski definition) is 5. The third kappa shape index (κ3) is 6.74. The fraction of sp³-hybridized carbons (Fsp3) is 0.500. The molecular formula is C26H34F2N2O4. The molecule has 3 rings (SSSR count). The predicted octanol–water partition coefficient (Wildman–Crippen LogP) is 3.76. The lowest BCUT2D eigenvalue weighted by molar-refractivity contribution is -0.120. The minimum absolute atomic E-state index is 0.0326. The van der Waals surface area contributed by atoms with Crippen LogP contribution in [0.25, 0.3) is 0 Å². The maximum Gasteiger partial charge on any atom is 0.217 e. The first-order valence-electron chi connectivity index (χ1n) is 11.5. The zero-order valence-electron chi connectivity index (χ0n) is 20.3. The first kappa shape index (κ1) is 26.1. The SMILES string of the molecule is CC(=O)NC(Cc1cc(F)cc(F)c1)C(O)CNC1COC(C)(C)c2ccc(OC(C)C)cc21. The summed E-state index contributed by atoms with van der Waals surface area (Å²) >= 11 is 0. The molecule has 2 aromatic rings. The Hall–Kier alpha value is -2.55. The van der Waals surface area contributed by atoms with Crippen LogP contribution in [0, 0.1) is 11.6 Å². The first-order chi connectivity index (χ1) is 15.9. The lowest BCUT2D eigenvalue weighted by Gasteiger charge is -2.38. The second-order valence-corrected chi connectivity index (χ2v) is 9.55. The Bertz CT molecular complexity index is 992. The standard InChI is InChI=1S/C26H34F2N2O4/c1-15(2)34-20-6-7-22-21(12-20)24(14-33-26(22,4)5)29-13-25(32)23(30-16(3)31)10-17-8-18(27)11-19(28)9-17/h6-9,11-12,15,23-25,29,32H,10,13-14H2,1-5H3,(H,30,31). The van der Waals surface area contributed by atoms with Crippen LogP contribution < -0.4 is 15.4 Å². The highest BCUT2D eigenvalue weighted by molar-refractivity contribution is 5.73. The van der Waals surface area contributed by atoms with Gasteiger partial charge in [0.25, 0.3) is 0 Å². The molecule has 2 aromatic carbocycles. The zero-order chi connectivity index (χ0) is 25.0. The van der Waals surface area contributed by atoms with Gasteiger partial charge in [-0.15, -0.1) is 0 Å². The molecule has 34 heavy (non-hydrogen) atoms. The number of aliphatic hydroxyl groups excluding tert-OH is 1. The highest BCUT2D eigenvalue weighted by atomic mass is 19.1. The molecule has 186 valence electrons. The molecule has 1 amide bonds. The molecule has 3 atom stereocenters. The van der Waals surface area contributed by atoms with Crippen molar-refractivity contribution >= 4 is 5.91 Å². The summed E-state index contributed by atoms with van der Waals surface area (Å²) in [6.45, 7) is 9.79. The van der Waals surface area contributed by atoms with Gasteiger partial charge in [0.05, 0.1) is 36.5 Å². The number of fused-ring (bicyclic) bond motifs is 1. The Balaban J connectivity index is 1.76. The van der Waals surface area contributed by atoms with E-state index in [2.05, 4.69) is 10.6 Å². The van der Waals surface area contributed by atoms with Crippen LogP contribution in [0.5, 0.6) is 5.75 Å². The highest BCUT2D eigenvalue weighted by Crippen LogP contribution is 2.38. The molecule has 0 radical (unpaired) electrons. The van der Waals surface area contributed by atoms with Gasteiger partial charge in [-0.2, -0.15) is 0 Å². The largest absolute Gasteiger partial charge is 0.491 e. The van der Waals surface area contributed by atoms with Crippen molar-refractivity contribution in [3.05, 3.63) is 64.7 Å². The van der Waals surface area contributed by atoms with Crippen LogP contribution in [0.15, 0.2) is 36.4 Å². The number of carbonyl (C=O) groups excluding carboxylic acids is 1. The van der Waals surface area contributed by atoms with E-state index in [1.54, 1.807) is 0 Å². The molecule has 0 spiro atoms. The van der Waals surface area contributed by atoms with Gasteiger partial charge in [-0.25, -0.2) is 8.78 Å². The van der Waals surface area contributed by atoms with Gasteiger partial charge in [-0.3, -0.25) is 4.79 Å². The third-order valence-corrected chi connectivity index (χ3v) is 5.83. The van der Waals surface area contributed by atoms with Crippen molar-refractivity contribution in [1.82, 2.24) is 10.6 Å². The Morgan fingerprint density at radius 2 is 1.88 bits per heavy atom. The fourth-order valence-electron chi connectivity index (χ4n) is 4.28. The maximum atomic E-state index is 13.6. The minimum Gasteiger partial charge on any atom is -0.491 e. The van der Waals surface area contributed by atoms with Crippen molar-refractivity contribution in [1.29, 1.82) is 0 Å². The van der Waals surface area contributed by atoms with Crippen molar-refractivity contribution in [3.8, 4) is 5.75 Å². The van der Waals surface area contributed by atoms with Gasteiger partial charge in [0.1, 0.15) is 17.4 Å². The van der Waals surface area contributed by atoms with E-state index < -0.39 is 29.4 Å². The number of hydrogen-bond donors (Lipinski definition) is 3. The Labute approximate surface area is 199 Å². The van der Waals surface area contributed by atoms with E-state index >= 15 is 0 Å². The lowest BCUT2D eigenvalue weighted by atomic mass is 9.86. The zero-order valence-corrected chi connectivity index (χ0v) is 20.3. The quantitative estimate of drug-likeness (QED) is 0.514. The second-order valence-electron chi connectivity index (χ2n) is 9.55. The predicted molar refractivity (Wildman–Crippen MR) is 126 cm³/mol. The second kappa shape index (κ2) is 10.8. The Kier molecular flexibility index (Phi) is 8.28. The Morgan fingerprint density at radius 1 is 1.21 bits per heavy atom. The molecule has 0 saturated heterocycles. The number of halogens is 2. The van der Waals surface area contributed by atoms with E-state index in [1.807, 2.05) is 45.9 Å². The van der Waals surface area contributed by atoms with E-state index in [0.717, 1.165) is 22.9 Å². The summed E-state index contributed by atoms with van der Waals surface area (Å²) in [4.78, 5) is 11.7. The number of aliphatic hydroxyl groups is 1. The number of amides is 1. The lowest BCUT2D eigenvalue weighted by Crippen LogP contribution is -2.49. The first-order valence-corrected chi connectivity index (χ1v) is 11.5. The molecule has 8 heteroatoms. The van der Waals surface area contributed by atoms with Gasteiger partial charge in [-0.1, -0.05) is 6.07 Å². The van der Waals surface area contributed by atoms with Crippen LogP contribution in [0.1, 0.15) is 57.4 Å². The molecule has 0 aromatic heterocycles. The average Bonchev–Trinajstić information content (AvgIpc) is 2.71. The van der Waals surface area contributed by atoms with Crippen LogP contribution in [0.2, 0.25) is 0 Å². The molecule has 0 aliphatic carbocycles. The summed E-state index contributed by atoms with van der Waals surface area (Å²) < 4.78 is 39.2. The summed E-state index contributed by atoms with van der Waals surface area (Å²) in [5.74, 6) is -1.00. The molecule has 0 bridgehead atoms. The van der Waals surface area contributed by atoms with Crippen LogP contribution in [-0.4, -0.2) is 42.4 Å². The van der Waals surface area contributed by atoms with Crippen molar-refractivity contribution in [3.63, 3.8) is 0 Å². The summed E-state index contributed by atoms with van der Waals surface area (Å²) in [5.41, 5.74) is 1.92. The van der Waals surface area contributed by atoms with Crippen LogP contribution in [-0.2, 0) is 21.6 Å². The molecule has 1 aliphatic rings. The topological polar surface area (TPSA) is 79.8 Å². The van der Waals surface area contributed by atoms with Gasteiger partial charge >= 0.3 is 0 Å². The number of nitrogens with one attached hydrogen (secondary N) is 2. The number of rotatable bonds is 9. The van der Waals surface area contributed by atoms with Crippen molar-refractivity contribution in [2.45, 2.75) is 70.9 Å². The van der Waals surface area contributed by atoms with Gasteiger partial charge in [-0.05, 0) is 75.1 Å². The van der Waals surface area contributed by atoms with Gasteiger partial charge in [0.2, 0.25) is 5.91 Å². The van der Waals surface area contributed by atoms with Crippen LogP contribution in [0.4, 0.5) is 8.78 Å². The summed E-state index contributed by atoms with van der Waals surface area (Å²) in [5, 5.41) is 16.9. The van der Waals surface area contributed by atoms with Crippen LogP contribution >= 0.6 is 0 Å². The Morgan fingerprint density at radius 3 is 2.50 bits per heavy atom. The molecule has 1 aliphatic heterocycles. The number of benzene rings is 2. The fourth-order valence-corrected chi connectivity index (χ4v) is 4.28. The molecular weight excluding hydrogens is 442 g/mol. The van der Waals surface area contributed by atoms with Crippen LogP contribution in [0.3, 0.4) is 0 Å². The van der Waals surface area contributed by atoms with Gasteiger partial charge < -0.3 is 25.2 Å². The minimum atomic E-state index is -1.01. The van der Waals surface area contributed by atoms with E-state index in [4.69, 9.17) is 9.47 Å². The third-order valence-electron chi connectivity index (χ3n) is 5.83. The van der Waals surface area contributed by atoms with Gasteiger partial charge in [0, 0.05) is 19.5 Å². The summed E-state index contributed by atoms with van der Waals surface area (Å²) in [6.07, 6.45) is -0.900. The maximum absolute atomic E-state index is 13.6. The molecule has 1 heterocycles. The summed E-state index contributed by atoms with van der Waals surface area (Å²) in [6, 6.07) is 8.14. The molecule has 0 fully saturated rings. The smallest absolute Gasteiger partial charge is 0.217 e. The summed E-state index contributed by atoms with van der Waals surface area (Å²) in [7, 11) is 0. The average molecular weight is 477 g/mol. The van der Waals surface area contributed by atoms with E-state index in [0.29, 0.717) is 12.2 Å². The van der Waals surface area contributed by atoms with Crippen molar-refractivity contribution in [2.24, 2.45) is 0 Å². The molecule has 3 unspecified atom stereocenters. The molecule has 0 saturated carbocycles. The molecule has 6 nitrogen and oxygen atoms in total. The normalized spacial score (nSPS) is 18.8. The monoisotopic (exact) mass is 476 g/mol. The van der Waals surface area contributed by atoms with E-state index in [9.17, 15) is 18.7 Å². The number of carbonyl (C=O) groups is 1. The van der Waals surface area contributed by atoms with E-state index in [1.165, 1.54) is 19.1 Å². The number of ether oxygens (including phenoxy) is 2. The highest BCUT2D eigenvalue weighted by Gasteiger charge is 2.34. The van der Waals surface area contributed by atoms with Crippen molar-refractivity contribution < 1.29 is 28.2 Å². The van der Waals surface area contributed by atoms with Gasteiger partial charge in [0.15, 0.2) is 0 Å². The van der Waals surface area contributed by atoms with Crippen molar-refractivity contribution in [2.75, 3.05) is 13.2 Å². The van der Waals surface area contributed by atoms with E-state index in [-0.39, 0.29) is 31.0 Å².